The standard InChI is InChI=1S/C19H21N3O2/c1-13-19-16-7-2-3-8-17(16)21(9-10-22(19)20-13)15-6-4-5-14(11-15)18(24)12-23/h2-8,11,18,20,23-24H,9-10,12H2,1H3. The highest BCUT2D eigenvalue weighted by Gasteiger charge is 2.24. The Labute approximate surface area is 140 Å². The van der Waals surface area contributed by atoms with E-state index in [1.807, 2.05) is 24.3 Å². The Kier molecular flexibility index (Phi) is 3.67. The van der Waals surface area contributed by atoms with Gasteiger partial charge in [0.1, 0.15) is 6.10 Å². The molecular weight excluding hydrogens is 302 g/mol. The van der Waals surface area contributed by atoms with Gasteiger partial charge in [-0.15, -0.1) is 0 Å². The van der Waals surface area contributed by atoms with Crippen molar-refractivity contribution < 1.29 is 10.2 Å². The van der Waals surface area contributed by atoms with E-state index in [0.717, 1.165) is 30.0 Å². The Bertz CT molecular complexity index is 865. The van der Waals surface area contributed by atoms with Gasteiger partial charge in [-0.2, -0.15) is 0 Å². The maximum atomic E-state index is 9.94. The molecule has 0 bridgehead atoms. The summed E-state index contributed by atoms with van der Waals surface area (Å²) in [6, 6.07) is 16.2. The third-order valence-corrected chi connectivity index (χ3v) is 4.66. The van der Waals surface area contributed by atoms with Crippen molar-refractivity contribution in [3.63, 3.8) is 0 Å². The fourth-order valence-electron chi connectivity index (χ4n) is 3.48. The van der Waals surface area contributed by atoms with Gasteiger partial charge in [0.05, 0.1) is 30.2 Å². The first-order valence-corrected chi connectivity index (χ1v) is 8.20. The van der Waals surface area contributed by atoms with E-state index >= 15 is 0 Å². The topological polar surface area (TPSA) is 64.4 Å². The third kappa shape index (κ3) is 2.33. The Morgan fingerprint density at radius 2 is 1.96 bits per heavy atom. The van der Waals surface area contributed by atoms with Crippen LogP contribution in [0.5, 0.6) is 0 Å². The molecule has 2 aromatic carbocycles. The van der Waals surface area contributed by atoms with Gasteiger partial charge in [-0.3, -0.25) is 4.68 Å². The van der Waals surface area contributed by atoms with Crippen LogP contribution in [0, 0.1) is 6.92 Å². The summed E-state index contributed by atoms with van der Waals surface area (Å²) in [4.78, 5) is 2.27. The lowest BCUT2D eigenvalue weighted by atomic mass is 10.0. The van der Waals surface area contributed by atoms with Crippen LogP contribution in [0.15, 0.2) is 48.5 Å². The zero-order valence-electron chi connectivity index (χ0n) is 13.6. The van der Waals surface area contributed by atoms with Crippen molar-refractivity contribution in [2.45, 2.75) is 19.6 Å². The van der Waals surface area contributed by atoms with Crippen LogP contribution in [0.4, 0.5) is 11.4 Å². The Morgan fingerprint density at radius 1 is 1.12 bits per heavy atom. The van der Waals surface area contributed by atoms with E-state index in [0.29, 0.717) is 0 Å². The highest BCUT2D eigenvalue weighted by Crippen LogP contribution is 2.39. The molecule has 0 aliphatic carbocycles. The van der Waals surface area contributed by atoms with Crippen LogP contribution in [0.25, 0.3) is 11.3 Å². The minimum atomic E-state index is -0.848. The molecule has 0 radical (unpaired) electrons. The molecule has 1 atom stereocenters. The average Bonchev–Trinajstić information content (AvgIpc) is 2.74. The van der Waals surface area contributed by atoms with Crippen molar-refractivity contribution in [3.05, 3.63) is 59.8 Å². The molecule has 1 aliphatic rings. The van der Waals surface area contributed by atoms with Crippen LogP contribution >= 0.6 is 0 Å². The maximum Gasteiger partial charge on any atom is 0.102 e. The molecule has 0 fully saturated rings. The number of aliphatic hydroxyl groups excluding tert-OH is 2. The molecule has 5 nitrogen and oxygen atoms in total. The van der Waals surface area contributed by atoms with Gasteiger partial charge in [-0.05, 0) is 30.7 Å². The molecule has 0 amide bonds. The van der Waals surface area contributed by atoms with E-state index < -0.39 is 6.10 Å². The van der Waals surface area contributed by atoms with Crippen LogP contribution in [0.3, 0.4) is 0 Å². The highest BCUT2D eigenvalue weighted by molar-refractivity contribution is 5.83. The fraction of sp³-hybridized carbons (Fsp3) is 0.263. The van der Waals surface area contributed by atoms with Gasteiger partial charge in [0.15, 0.2) is 0 Å². The molecule has 0 spiro atoms. The first kappa shape index (κ1) is 15.1. The normalized spacial score (nSPS) is 14.9. The highest BCUT2D eigenvalue weighted by atomic mass is 16.3. The summed E-state index contributed by atoms with van der Waals surface area (Å²) < 4.78 is 2.18. The van der Waals surface area contributed by atoms with Crippen molar-refractivity contribution in [1.29, 1.82) is 0 Å². The molecule has 5 heteroatoms. The zero-order chi connectivity index (χ0) is 16.7. The van der Waals surface area contributed by atoms with Gasteiger partial charge in [0, 0.05) is 17.8 Å². The molecule has 1 unspecified atom stereocenters. The van der Waals surface area contributed by atoms with Crippen molar-refractivity contribution in [2.75, 3.05) is 18.1 Å². The summed E-state index contributed by atoms with van der Waals surface area (Å²) in [6.07, 6.45) is -0.848. The minimum Gasteiger partial charge on any atom is -0.393 e. The predicted molar refractivity (Wildman–Crippen MR) is 94.4 cm³/mol. The van der Waals surface area contributed by atoms with Crippen LogP contribution in [0.1, 0.15) is 17.4 Å². The number of aromatic nitrogens is 2. The van der Waals surface area contributed by atoms with E-state index in [1.165, 1.54) is 17.0 Å². The summed E-state index contributed by atoms with van der Waals surface area (Å²) in [5, 5.41) is 22.5. The molecule has 0 saturated heterocycles. The first-order chi connectivity index (χ1) is 11.7. The molecule has 4 rings (SSSR count). The summed E-state index contributed by atoms with van der Waals surface area (Å²) in [7, 11) is 0. The molecule has 3 aromatic rings. The molecule has 0 saturated carbocycles. The number of aryl methyl sites for hydroxylation is 1. The lowest BCUT2D eigenvalue weighted by Crippen LogP contribution is -2.23. The lowest BCUT2D eigenvalue weighted by molar-refractivity contribution is 0.0956. The van der Waals surface area contributed by atoms with Crippen molar-refractivity contribution in [1.82, 2.24) is 9.78 Å². The molecule has 2 heterocycles. The van der Waals surface area contributed by atoms with Gasteiger partial charge >= 0.3 is 0 Å². The molecule has 24 heavy (non-hydrogen) atoms. The predicted octanol–water partition coefficient (Wildman–Crippen LogP) is 2.97. The number of fused-ring (bicyclic) bond motifs is 3. The molecule has 3 N–H and O–H groups in total. The quantitative estimate of drug-likeness (QED) is 0.694. The molecule has 124 valence electrons. The number of hydrogen-bond donors (Lipinski definition) is 3. The number of nitrogens with one attached hydrogen (secondary N) is 1. The van der Waals surface area contributed by atoms with E-state index in [1.54, 1.807) is 0 Å². The number of benzene rings is 2. The number of rotatable bonds is 3. The summed E-state index contributed by atoms with van der Waals surface area (Å²) in [5.41, 5.74) is 6.56. The summed E-state index contributed by atoms with van der Waals surface area (Å²) >= 11 is 0. The monoisotopic (exact) mass is 323 g/mol. The summed E-state index contributed by atoms with van der Waals surface area (Å²) in [5.74, 6) is 0. The van der Waals surface area contributed by atoms with Crippen molar-refractivity contribution in [3.8, 4) is 11.3 Å². The van der Waals surface area contributed by atoms with Gasteiger partial charge in [0.25, 0.3) is 0 Å². The summed E-state index contributed by atoms with van der Waals surface area (Å²) in [6.45, 7) is 3.52. The van der Waals surface area contributed by atoms with Crippen molar-refractivity contribution in [2.24, 2.45) is 0 Å². The molecule has 1 aliphatic heterocycles. The van der Waals surface area contributed by atoms with E-state index in [9.17, 15) is 10.2 Å². The second-order valence-corrected chi connectivity index (χ2v) is 6.20. The van der Waals surface area contributed by atoms with Gasteiger partial charge in [-0.1, -0.05) is 30.3 Å². The number of para-hydroxylation sites is 1. The number of aliphatic hydroxyl groups is 2. The zero-order valence-corrected chi connectivity index (χ0v) is 13.6. The molecule has 1 aromatic heterocycles. The number of nitrogens with zero attached hydrogens (tertiary/aromatic N) is 2. The van der Waals surface area contributed by atoms with Crippen LogP contribution in [-0.4, -0.2) is 33.1 Å². The Morgan fingerprint density at radius 3 is 2.75 bits per heavy atom. The largest absolute Gasteiger partial charge is 0.393 e. The van der Waals surface area contributed by atoms with Crippen molar-refractivity contribution >= 4 is 11.4 Å². The average molecular weight is 323 g/mol. The number of H-pyrrole nitrogens is 1. The van der Waals surface area contributed by atoms with E-state index in [2.05, 4.69) is 45.9 Å². The number of hydrogen-bond acceptors (Lipinski definition) is 3. The van der Waals surface area contributed by atoms with Crippen LogP contribution in [0.2, 0.25) is 0 Å². The van der Waals surface area contributed by atoms with Crippen LogP contribution < -0.4 is 4.90 Å². The lowest BCUT2D eigenvalue weighted by Gasteiger charge is -2.25. The van der Waals surface area contributed by atoms with Gasteiger partial charge in [-0.25, -0.2) is 0 Å². The fourth-order valence-corrected chi connectivity index (χ4v) is 3.48. The second kappa shape index (κ2) is 5.85. The van der Waals surface area contributed by atoms with E-state index in [-0.39, 0.29) is 6.61 Å². The number of aromatic amines is 1. The number of anilines is 2. The molecular formula is C19H21N3O2. The first-order valence-electron chi connectivity index (χ1n) is 8.20. The second-order valence-electron chi connectivity index (χ2n) is 6.20. The minimum absolute atomic E-state index is 0.274. The van der Waals surface area contributed by atoms with Gasteiger partial charge < -0.3 is 20.2 Å². The Hall–Kier alpha value is -2.50. The van der Waals surface area contributed by atoms with Gasteiger partial charge in [0.2, 0.25) is 0 Å². The SMILES string of the molecule is Cc1[nH]n2c1-c1ccccc1N(c1cccc(C(O)CO)c1)CC2. The maximum absolute atomic E-state index is 9.94. The Balaban J connectivity index is 1.80. The van der Waals surface area contributed by atoms with E-state index in [4.69, 9.17) is 0 Å². The smallest absolute Gasteiger partial charge is 0.102 e. The van der Waals surface area contributed by atoms with Crippen LogP contribution in [-0.2, 0) is 6.54 Å². The third-order valence-electron chi connectivity index (χ3n) is 4.66.